The molecule has 0 atom stereocenters. The summed E-state index contributed by atoms with van der Waals surface area (Å²) in [6.45, 7) is 1.92. The van der Waals surface area contributed by atoms with E-state index in [0.29, 0.717) is 22.7 Å². The Kier molecular flexibility index (Phi) is 2.30. The summed E-state index contributed by atoms with van der Waals surface area (Å²) in [7, 11) is 0. The van der Waals surface area contributed by atoms with Crippen LogP contribution in [-0.2, 0) is 0 Å². The van der Waals surface area contributed by atoms with Crippen molar-refractivity contribution in [2.24, 2.45) is 0 Å². The molecule has 2 aromatic carbocycles. The van der Waals surface area contributed by atoms with Crippen molar-refractivity contribution < 1.29 is 8.81 Å². The molecule has 3 aromatic rings. The van der Waals surface area contributed by atoms with Crippen LogP contribution in [0.2, 0.25) is 0 Å². The maximum absolute atomic E-state index is 13.1. The van der Waals surface area contributed by atoms with E-state index >= 15 is 0 Å². The van der Waals surface area contributed by atoms with Gasteiger partial charge in [0.25, 0.3) is 0 Å². The lowest BCUT2D eigenvalue weighted by Gasteiger charge is -2.03. The fourth-order valence-corrected chi connectivity index (χ4v) is 1.88. The molecule has 0 spiro atoms. The van der Waals surface area contributed by atoms with Crippen molar-refractivity contribution in [3.63, 3.8) is 0 Å². The molecular weight excluding hydrogens is 231 g/mol. The average molecular weight is 242 g/mol. The van der Waals surface area contributed by atoms with Crippen LogP contribution in [-0.4, -0.2) is 4.98 Å². The summed E-state index contributed by atoms with van der Waals surface area (Å²) in [4.78, 5) is 4.31. The van der Waals surface area contributed by atoms with Gasteiger partial charge < -0.3 is 10.2 Å². The van der Waals surface area contributed by atoms with Gasteiger partial charge in [0.05, 0.1) is 5.56 Å². The van der Waals surface area contributed by atoms with Crippen LogP contribution in [0.4, 0.5) is 10.1 Å². The van der Waals surface area contributed by atoms with Crippen molar-refractivity contribution in [3.05, 3.63) is 47.8 Å². The summed E-state index contributed by atoms with van der Waals surface area (Å²) in [5.41, 5.74) is 9.35. The van der Waals surface area contributed by atoms with E-state index in [9.17, 15) is 4.39 Å². The first kappa shape index (κ1) is 10.8. The predicted octanol–water partition coefficient (Wildman–Crippen LogP) is 3.52. The van der Waals surface area contributed by atoms with Crippen LogP contribution in [0.5, 0.6) is 0 Å². The Morgan fingerprint density at radius 3 is 2.89 bits per heavy atom. The van der Waals surface area contributed by atoms with Gasteiger partial charge in [0, 0.05) is 11.8 Å². The molecule has 4 heteroatoms. The van der Waals surface area contributed by atoms with E-state index in [-0.39, 0.29) is 5.82 Å². The number of oxazole rings is 1. The summed E-state index contributed by atoms with van der Waals surface area (Å²) in [5.74, 6) is 0.0687. The zero-order valence-corrected chi connectivity index (χ0v) is 9.77. The molecule has 90 valence electrons. The van der Waals surface area contributed by atoms with Gasteiger partial charge in [-0.05, 0) is 30.7 Å². The van der Waals surface area contributed by atoms with Crippen molar-refractivity contribution in [1.82, 2.24) is 4.98 Å². The van der Waals surface area contributed by atoms with Gasteiger partial charge in [-0.15, -0.1) is 0 Å². The van der Waals surface area contributed by atoms with Crippen LogP contribution in [0.1, 0.15) is 5.56 Å². The normalized spacial score (nSPS) is 11.0. The molecule has 2 N–H and O–H groups in total. The number of benzene rings is 2. The van der Waals surface area contributed by atoms with E-state index in [4.69, 9.17) is 10.2 Å². The van der Waals surface area contributed by atoms with Crippen LogP contribution < -0.4 is 5.73 Å². The molecule has 0 aliphatic carbocycles. The van der Waals surface area contributed by atoms with Crippen molar-refractivity contribution in [2.75, 3.05) is 5.73 Å². The van der Waals surface area contributed by atoms with Crippen LogP contribution in [0.3, 0.4) is 0 Å². The lowest BCUT2D eigenvalue weighted by atomic mass is 10.1. The lowest BCUT2D eigenvalue weighted by Crippen LogP contribution is -1.93. The Labute approximate surface area is 103 Å². The molecule has 1 heterocycles. The molecule has 0 aliphatic rings. The van der Waals surface area contributed by atoms with Crippen LogP contribution in [0, 0.1) is 12.7 Å². The number of halogens is 1. The highest BCUT2D eigenvalue weighted by Gasteiger charge is 2.12. The van der Waals surface area contributed by atoms with E-state index in [2.05, 4.69) is 4.98 Å². The third-order valence-electron chi connectivity index (χ3n) is 2.91. The first-order valence-electron chi connectivity index (χ1n) is 5.57. The third-order valence-corrected chi connectivity index (χ3v) is 2.91. The number of nitrogen functional groups attached to an aromatic ring is 1. The highest BCUT2D eigenvalue weighted by molar-refractivity contribution is 5.80. The SMILES string of the molecule is Cc1cccc(-c2nc3ccc(F)cc3o2)c1N. The van der Waals surface area contributed by atoms with Crippen LogP contribution in [0.25, 0.3) is 22.6 Å². The number of nitrogens with two attached hydrogens (primary N) is 1. The second kappa shape index (κ2) is 3.84. The fraction of sp³-hybridized carbons (Fsp3) is 0.0714. The molecule has 0 unspecified atom stereocenters. The Morgan fingerprint density at radius 2 is 2.06 bits per heavy atom. The number of nitrogens with zero attached hydrogens (tertiary/aromatic N) is 1. The second-order valence-corrected chi connectivity index (χ2v) is 4.17. The molecule has 0 fully saturated rings. The van der Waals surface area contributed by atoms with Crippen LogP contribution >= 0.6 is 0 Å². The minimum absolute atomic E-state index is 0.345. The molecule has 0 aliphatic heterocycles. The zero-order valence-electron chi connectivity index (χ0n) is 9.77. The smallest absolute Gasteiger partial charge is 0.229 e. The van der Waals surface area contributed by atoms with E-state index in [1.807, 2.05) is 25.1 Å². The number of hydrogen-bond acceptors (Lipinski definition) is 3. The van der Waals surface area contributed by atoms with Gasteiger partial charge in [-0.1, -0.05) is 12.1 Å². The van der Waals surface area contributed by atoms with E-state index in [1.54, 1.807) is 6.07 Å². The van der Waals surface area contributed by atoms with Gasteiger partial charge in [-0.25, -0.2) is 9.37 Å². The van der Waals surface area contributed by atoms with Crippen molar-refractivity contribution in [1.29, 1.82) is 0 Å². The Morgan fingerprint density at radius 1 is 1.22 bits per heavy atom. The fourth-order valence-electron chi connectivity index (χ4n) is 1.88. The summed E-state index contributed by atoms with van der Waals surface area (Å²) in [6, 6.07) is 9.90. The largest absolute Gasteiger partial charge is 0.436 e. The lowest BCUT2D eigenvalue weighted by molar-refractivity contribution is 0.602. The molecule has 0 bridgehead atoms. The number of para-hydroxylation sites is 1. The van der Waals surface area contributed by atoms with Crippen molar-refractivity contribution in [2.45, 2.75) is 6.92 Å². The Balaban J connectivity index is 2.22. The topological polar surface area (TPSA) is 52.0 Å². The molecule has 0 radical (unpaired) electrons. The maximum Gasteiger partial charge on any atom is 0.229 e. The van der Waals surface area contributed by atoms with Gasteiger partial charge in [0.1, 0.15) is 11.3 Å². The number of anilines is 1. The highest BCUT2D eigenvalue weighted by Crippen LogP contribution is 2.30. The monoisotopic (exact) mass is 242 g/mol. The summed E-state index contributed by atoms with van der Waals surface area (Å²) in [5, 5.41) is 0. The van der Waals surface area contributed by atoms with E-state index in [1.165, 1.54) is 12.1 Å². The highest BCUT2D eigenvalue weighted by atomic mass is 19.1. The third kappa shape index (κ3) is 1.62. The first-order valence-corrected chi connectivity index (χ1v) is 5.57. The summed E-state index contributed by atoms with van der Waals surface area (Å²) in [6.07, 6.45) is 0. The average Bonchev–Trinajstić information content (AvgIpc) is 2.75. The molecule has 0 saturated carbocycles. The van der Waals surface area contributed by atoms with Gasteiger partial charge in [0.2, 0.25) is 5.89 Å². The quantitative estimate of drug-likeness (QED) is 0.664. The second-order valence-electron chi connectivity index (χ2n) is 4.17. The summed E-state index contributed by atoms with van der Waals surface area (Å²) < 4.78 is 18.6. The number of fused-ring (bicyclic) bond motifs is 1. The van der Waals surface area contributed by atoms with Gasteiger partial charge in [0.15, 0.2) is 5.58 Å². The number of rotatable bonds is 1. The minimum Gasteiger partial charge on any atom is -0.436 e. The van der Waals surface area contributed by atoms with E-state index < -0.39 is 0 Å². The number of aryl methyl sites for hydroxylation is 1. The van der Waals surface area contributed by atoms with Crippen molar-refractivity contribution in [3.8, 4) is 11.5 Å². The Hall–Kier alpha value is -2.36. The Bertz CT molecular complexity index is 734. The predicted molar refractivity (Wildman–Crippen MR) is 68.6 cm³/mol. The van der Waals surface area contributed by atoms with Gasteiger partial charge in [-0.3, -0.25) is 0 Å². The molecule has 3 nitrogen and oxygen atoms in total. The van der Waals surface area contributed by atoms with E-state index in [0.717, 1.165) is 11.1 Å². The van der Waals surface area contributed by atoms with Crippen molar-refractivity contribution >= 4 is 16.8 Å². The number of aromatic nitrogens is 1. The van der Waals surface area contributed by atoms with Gasteiger partial charge >= 0.3 is 0 Å². The molecule has 0 saturated heterocycles. The zero-order chi connectivity index (χ0) is 12.7. The molecule has 3 rings (SSSR count). The molecule has 1 aromatic heterocycles. The molecule has 0 amide bonds. The minimum atomic E-state index is -0.345. The maximum atomic E-state index is 13.1. The standard InChI is InChI=1S/C14H11FN2O/c1-8-3-2-4-10(13(8)16)14-17-11-6-5-9(15)7-12(11)18-14/h2-7H,16H2,1H3. The molecule has 18 heavy (non-hydrogen) atoms. The number of hydrogen-bond donors (Lipinski definition) is 1. The van der Waals surface area contributed by atoms with Gasteiger partial charge in [-0.2, -0.15) is 0 Å². The summed E-state index contributed by atoms with van der Waals surface area (Å²) >= 11 is 0. The van der Waals surface area contributed by atoms with Crippen LogP contribution in [0.15, 0.2) is 40.8 Å². The first-order chi connectivity index (χ1) is 8.65. The molecular formula is C14H11FN2O.